The third-order valence-corrected chi connectivity index (χ3v) is 2.31. The predicted molar refractivity (Wildman–Crippen MR) is 96.6 cm³/mol. The topological polar surface area (TPSA) is 162 Å². The molecule has 0 saturated heterocycles. The van der Waals surface area contributed by atoms with Gasteiger partial charge >= 0.3 is 17.9 Å². The first-order chi connectivity index (χ1) is 11.9. The summed E-state index contributed by atoms with van der Waals surface area (Å²) < 4.78 is 9.40. The van der Waals surface area contributed by atoms with Crippen molar-refractivity contribution >= 4 is 17.9 Å². The van der Waals surface area contributed by atoms with Crippen LogP contribution in [0.1, 0.15) is 52.4 Å². The van der Waals surface area contributed by atoms with E-state index in [0.29, 0.717) is 13.2 Å². The van der Waals surface area contributed by atoms with Crippen LogP contribution in [0.15, 0.2) is 12.7 Å². The fourth-order valence-electron chi connectivity index (χ4n) is 0.965. The van der Waals surface area contributed by atoms with E-state index in [1.165, 1.54) is 6.08 Å². The second-order valence-corrected chi connectivity index (χ2v) is 4.64. The van der Waals surface area contributed by atoms with Gasteiger partial charge < -0.3 is 30.3 Å². The van der Waals surface area contributed by atoms with Crippen LogP contribution in [0.3, 0.4) is 0 Å². The maximum absolute atomic E-state index is 10.5. The molecule has 0 amide bonds. The molecule has 156 valence electrons. The number of esters is 2. The molecule has 0 aromatic heterocycles. The average Bonchev–Trinajstić information content (AvgIpc) is 2.56. The Bertz CT molecular complexity index is 343. The molecule has 0 aromatic rings. The number of carbonyl (C=O) groups is 3. The number of rotatable bonds is 11. The molecule has 26 heavy (non-hydrogen) atoms. The highest BCUT2D eigenvalue weighted by Crippen LogP contribution is 1.90. The quantitative estimate of drug-likeness (QED) is 0.269. The summed E-state index contributed by atoms with van der Waals surface area (Å²) >= 11 is 0. The zero-order valence-corrected chi connectivity index (χ0v) is 15.7. The van der Waals surface area contributed by atoms with Gasteiger partial charge in [0, 0.05) is 6.08 Å². The second-order valence-electron chi connectivity index (χ2n) is 4.64. The fourth-order valence-corrected chi connectivity index (χ4v) is 0.965. The Hall–Kier alpha value is -1.97. The Balaban J connectivity index is -0.000000141. The summed E-state index contributed by atoms with van der Waals surface area (Å²) in [6.45, 7) is 7.94. The molecule has 5 N–H and O–H groups in total. The Morgan fingerprint density at radius 2 is 1.38 bits per heavy atom. The molecule has 0 rings (SSSR count). The number of carbonyl (C=O) groups excluding carboxylic acids is 2. The van der Waals surface area contributed by atoms with Crippen LogP contribution in [-0.4, -0.2) is 65.1 Å². The predicted octanol–water partition coefficient (Wildman–Crippen LogP) is 0.856. The van der Waals surface area contributed by atoms with Crippen molar-refractivity contribution in [3.63, 3.8) is 0 Å². The van der Waals surface area contributed by atoms with Crippen molar-refractivity contribution in [2.45, 2.75) is 52.4 Å². The Labute approximate surface area is 154 Å². The highest BCUT2D eigenvalue weighted by Gasteiger charge is 1.98. The Morgan fingerprint density at radius 1 is 0.923 bits per heavy atom. The molecule has 0 unspecified atom stereocenters. The summed E-state index contributed by atoms with van der Waals surface area (Å²) in [5.41, 5.74) is 0. The van der Waals surface area contributed by atoms with E-state index in [2.05, 4.69) is 11.3 Å². The lowest BCUT2D eigenvalue weighted by atomic mass is 10.4. The van der Waals surface area contributed by atoms with E-state index in [9.17, 15) is 14.4 Å². The number of carboxylic acids is 1. The van der Waals surface area contributed by atoms with Gasteiger partial charge in [0.05, 0.1) is 39.3 Å². The van der Waals surface area contributed by atoms with Gasteiger partial charge in [-0.25, -0.2) is 4.79 Å². The van der Waals surface area contributed by atoms with E-state index in [1.807, 2.05) is 13.8 Å². The monoisotopic (exact) mass is 382 g/mol. The van der Waals surface area contributed by atoms with Gasteiger partial charge in [-0.15, -0.1) is 0 Å². The third-order valence-electron chi connectivity index (χ3n) is 2.31. The second kappa shape index (κ2) is 27.9. The Morgan fingerprint density at radius 3 is 1.69 bits per heavy atom. The molecular formula is C17H34O9. The van der Waals surface area contributed by atoms with E-state index in [4.69, 9.17) is 20.1 Å². The SMILES string of the molecule is C=CC(=O)OCCCC.CCCCOC(=O)CCO.O.O=C(O)CCO. The summed E-state index contributed by atoms with van der Waals surface area (Å²) in [6, 6.07) is 0. The van der Waals surface area contributed by atoms with Crippen molar-refractivity contribution < 1.29 is 44.7 Å². The van der Waals surface area contributed by atoms with E-state index < -0.39 is 5.97 Å². The Kier molecular flexibility index (Phi) is 34.0. The lowest BCUT2D eigenvalue weighted by Crippen LogP contribution is -2.07. The van der Waals surface area contributed by atoms with Gasteiger partial charge in [0.25, 0.3) is 0 Å². The van der Waals surface area contributed by atoms with Gasteiger partial charge in [-0.1, -0.05) is 33.3 Å². The standard InChI is InChI=1S/C7H14O3.C7H12O2.C3H6O3.H2O/c1-2-3-6-10-7(9)4-5-8;1-3-5-6-9-7(8)4-2;4-2-1-3(5)6;/h8H,2-6H2,1H3;4H,2-3,5-6H2,1H3;4H,1-2H2,(H,5,6);1H2. The molecule has 0 radical (unpaired) electrons. The molecule has 0 fully saturated rings. The molecule has 9 nitrogen and oxygen atoms in total. The minimum Gasteiger partial charge on any atom is -0.481 e. The maximum Gasteiger partial charge on any atom is 0.330 e. The van der Waals surface area contributed by atoms with Gasteiger partial charge in [0.15, 0.2) is 0 Å². The van der Waals surface area contributed by atoms with Crippen molar-refractivity contribution in [2.24, 2.45) is 0 Å². The van der Waals surface area contributed by atoms with Crippen molar-refractivity contribution in [2.75, 3.05) is 26.4 Å². The third kappa shape index (κ3) is 37.9. The van der Waals surface area contributed by atoms with Crippen molar-refractivity contribution in [1.29, 1.82) is 0 Å². The first-order valence-corrected chi connectivity index (χ1v) is 8.27. The van der Waals surface area contributed by atoms with Crippen LogP contribution < -0.4 is 0 Å². The van der Waals surface area contributed by atoms with Crippen molar-refractivity contribution in [3.8, 4) is 0 Å². The number of aliphatic carboxylic acids is 1. The highest BCUT2D eigenvalue weighted by molar-refractivity contribution is 5.81. The van der Waals surface area contributed by atoms with Crippen LogP contribution in [0.4, 0.5) is 0 Å². The number of carboxylic acid groups (broad SMARTS) is 1. The number of aliphatic hydroxyl groups is 2. The maximum atomic E-state index is 10.5. The number of aliphatic hydroxyl groups excluding tert-OH is 2. The van der Waals surface area contributed by atoms with Gasteiger partial charge in [0.1, 0.15) is 0 Å². The van der Waals surface area contributed by atoms with E-state index in [1.54, 1.807) is 0 Å². The van der Waals surface area contributed by atoms with Crippen LogP contribution in [0, 0.1) is 0 Å². The average molecular weight is 382 g/mol. The number of hydrogen-bond acceptors (Lipinski definition) is 7. The summed E-state index contributed by atoms with van der Waals surface area (Å²) in [6.07, 6.45) is 5.03. The molecule has 0 saturated carbocycles. The summed E-state index contributed by atoms with van der Waals surface area (Å²) in [7, 11) is 0. The molecular weight excluding hydrogens is 348 g/mol. The largest absolute Gasteiger partial charge is 0.481 e. The van der Waals surface area contributed by atoms with Crippen LogP contribution >= 0.6 is 0 Å². The zero-order valence-electron chi connectivity index (χ0n) is 15.7. The van der Waals surface area contributed by atoms with Crippen LogP contribution in [-0.2, 0) is 23.9 Å². The highest BCUT2D eigenvalue weighted by atomic mass is 16.5. The van der Waals surface area contributed by atoms with E-state index in [0.717, 1.165) is 25.7 Å². The van der Waals surface area contributed by atoms with Crippen LogP contribution in [0.2, 0.25) is 0 Å². The van der Waals surface area contributed by atoms with E-state index >= 15 is 0 Å². The molecule has 0 aliphatic carbocycles. The summed E-state index contributed by atoms with van der Waals surface area (Å²) in [5, 5.41) is 23.9. The molecule has 0 bridgehead atoms. The lowest BCUT2D eigenvalue weighted by molar-refractivity contribution is -0.144. The van der Waals surface area contributed by atoms with Crippen LogP contribution in [0.25, 0.3) is 0 Å². The number of ether oxygens (including phenoxy) is 2. The first-order valence-electron chi connectivity index (χ1n) is 8.27. The molecule has 0 aliphatic heterocycles. The molecule has 0 atom stereocenters. The van der Waals surface area contributed by atoms with Gasteiger partial charge in [-0.2, -0.15) is 0 Å². The molecule has 9 heteroatoms. The summed E-state index contributed by atoms with van der Waals surface area (Å²) in [5.74, 6) is -1.60. The normalized spacial score (nSPS) is 8.46. The number of unbranched alkanes of at least 4 members (excludes halogenated alkanes) is 2. The first kappa shape index (κ1) is 31.8. The van der Waals surface area contributed by atoms with Gasteiger partial charge in [-0.3, -0.25) is 9.59 Å². The summed E-state index contributed by atoms with van der Waals surface area (Å²) in [4.78, 5) is 30.3. The molecule has 0 aromatic carbocycles. The number of hydrogen-bond donors (Lipinski definition) is 3. The van der Waals surface area contributed by atoms with Crippen molar-refractivity contribution in [1.82, 2.24) is 0 Å². The van der Waals surface area contributed by atoms with Gasteiger partial charge in [-0.05, 0) is 12.8 Å². The van der Waals surface area contributed by atoms with E-state index in [-0.39, 0.29) is 43.5 Å². The smallest absolute Gasteiger partial charge is 0.330 e. The lowest BCUT2D eigenvalue weighted by Gasteiger charge is -2.00. The molecule has 0 aliphatic rings. The zero-order chi connectivity index (χ0) is 19.9. The fraction of sp³-hybridized carbons (Fsp3) is 0.706. The minimum absolute atomic E-state index is 0. The van der Waals surface area contributed by atoms with Crippen molar-refractivity contribution in [3.05, 3.63) is 12.7 Å². The minimum atomic E-state index is -0.961. The molecule has 0 spiro atoms. The molecule has 0 heterocycles. The van der Waals surface area contributed by atoms with Crippen LogP contribution in [0.5, 0.6) is 0 Å². The van der Waals surface area contributed by atoms with Gasteiger partial charge in [0.2, 0.25) is 0 Å².